The Labute approximate surface area is 70.0 Å². The van der Waals surface area contributed by atoms with Crippen LogP contribution in [-0.4, -0.2) is 0 Å². The summed E-state index contributed by atoms with van der Waals surface area (Å²) in [5, 5.41) is 0.479. The zero-order valence-electron chi connectivity index (χ0n) is 5.98. The van der Waals surface area contributed by atoms with Gasteiger partial charge in [0.25, 0.3) is 0 Å². The zero-order valence-corrected chi connectivity index (χ0v) is 6.74. The van der Waals surface area contributed by atoms with Gasteiger partial charge in [0.15, 0.2) is 0 Å². The molecule has 1 aromatic rings. The maximum absolute atomic E-state index is 13.1. The van der Waals surface area contributed by atoms with Crippen molar-refractivity contribution in [2.45, 2.75) is 18.8 Å². The van der Waals surface area contributed by atoms with Crippen molar-refractivity contribution in [3.8, 4) is 0 Å². The maximum atomic E-state index is 13.1. The average Bonchev–Trinajstić information content (AvgIpc) is 2.70. The highest BCUT2D eigenvalue weighted by atomic mass is 35.5. The summed E-state index contributed by atoms with van der Waals surface area (Å²) >= 11 is 5.60. The first-order valence-corrected chi connectivity index (χ1v) is 4.10. The maximum Gasteiger partial charge on any atom is 0.128 e. The van der Waals surface area contributed by atoms with Crippen LogP contribution in [-0.2, 0) is 0 Å². The van der Waals surface area contributed by atoms with Crippen LogP contribution >= 0.6 is 11.6 Å². The van der Waals surface area contributed by atoms with Crippen molar-refractivity contribution < 1.29 is 4.39 Å². The van der Waals surface area contributed by atoms with E-state index in [4.69, 9.17) is 11.6 Å². The summed E-state index contributed by atoms with van der Waals surface area (Å²) in [4.78, 5) is 0. The Morgan fingerprint density at radius 2 is 2.09 bits per heavy atom. The van der Waals surface area contributed by atoms with Crippen molar-refractivity contribution in [2.75, 3.05) is 0 Å². The molecule has 11 heavy (non-hydrogen) atoms. The van der Waals surface area contributed by atoms with Crippen LogP contribution in [0.15, 0.2) is 18.2 Å². The lowest BCUT2D eigenvalue weighted by molar-refractivity contribution is 0.611. The van der Waals surface area contributed by atoms with E-state index in [1.54, 1.807) is 12.1 Å². The first-order chi connectivity index (χ1) is 5.27. The number of hydrogen-bond acceptors (Lipinski definition) is 0. The summed E-state index contributed by atoms with van der Waals surface area (Å²) in [5.41, 5.74) is 0.828. The van der Waals surface area contributed by atoms with Crippen molar-refractivity contribution in [3.05, 3.63) is 34.6 Å². The molecule has 0 aliphatic heterocycles. The second kappa shape index (κ2) is 2.49. The van der Waals surface area contributed by atoms with Crippen molar-refractivity contribution in [2.24, 2.45) is 0 Å². The molecule has 1 fully saturated rings. The summed E-state index contributed by atoms with van der Waals surface area (Å²) in [6.07, 6.45) is 2.25. The van der Waals surface area contributed by atoms with E-state index in [1.165, 1.54) is 6.07 Å². The highest BCUT2D eigenvalue weighted by molar-refractivity contribution is 6.30. The van der Waals surface area contributed by atoms with Crippen LogP contribution < -0.4 is 0 Å². The van der Waals surface area contributed by atoms with E-state index in [0.717, 1.165) is 18.4 Å². The van der Waals surface area contributed by atoms with E-state index >= 15 is 0 Å². The first-order valence-electron chi connectivity index (χ1n) is 3.72. The van der Waals surface area contributed by atoms with Crippen molar-refractivity contribution in [3.63, 3.8) is 0 Å². The monoisotopic (exact) mass is 170 g/mol. The minimum Gasteiger partial charge on any atom is -0.207 e. The second-order valence-electron chi connectivity index (χ2n) is 2.94. The third kappa shape index (κ3) is 1.38. The molecule has 0 unspecified atom stereocenters. The molecule has 2 heteroatoms. The van der Waals surface area contributed by atoms with Crippen LogP contribution in [0.1, 0.15) is 24.3 Å². The third-order valence-corrected chi connectivity index (χ3v) is 2.21. The fourth-order valence-corrected chi connectivity index (χ4v) is 1.39. The molecule has 2 rings (SSSR count). The Kier molecular flexibility index (Phi) is 1.61. The predicted molar refractivity (Wildman–Crippen MR) is 43.4 cm³/mol. The minimum atomic E-state index is -0.153. The first kappa shape index (κ1) is 7.11. The molecular weight excluding hydrogens is 163 g/mol. The molecule has 58 valence electrons. The quantitative estimate of drug-likeness (QED) is 0.607. The molecule has 0 N–H and O–H groups in total. The van der Waals surface area contributed by atoms with Crippen LogP contribution in [0.4, 0.5) is 4.39 Å². The van der Waals surface area contributed by atoms with Gasteiger partial charge < -0.3 is 0 Å². The largest absolute Gasteiger partial charge is 0.207 e. The Bertz CT molecular complexity index is 279. The van der Waals surface area contributed by atoms with E-state index in [9.17, 15) is 4.39 Å². The lowest BCUT2D eigenvalue weighted by Gasteiger charge is -1.99. The van der Waals surface area contributed by atoms with Gasteiger partial charge in [0.2, 0.25) is 0 Å². The zero-order chi connectivity index (χ0) is 7.84. The smallest absolute Gasteiger partial charge is 0.128 e. The average molecular weight is 171 g/mol. The fourth-order valence-electron chi connectivity index (χ4n) is 1.23. The lowest BCUT2D eigenvalue weighted by atomic mass is 10.1. The van der Waals surface area contributed by atoms with Crippen molar-refractivity contribution in [1.29, 1.82) is 0 Å². The van der Waals surface area contributed by atoms with Crippen LogP contribution in [0.5, 0.6) is 0 Å². The fraction of sp³-hybridized carbons (Fsp3) is 0.333. The number of rotatable bonds is 1. The highest BCUT2D eigenvalue weighted by Crippen LogP contribution is 2.41. The standard InChI is InChI=1S/C9H8ClF/c10-7-3-4-8(6-1-2-6)9(11)5-7/h3-6H,1-2H2. The molecule has 1 aliphatic carbocycles. The summed E-state index contributed by atoms with van der Waals surface area (Å²) < 4.78 is 13.1. The normalized spacial score (nSPS) is 16.9. The van der Waals surface area contributed by atoms with E-state index in [2.05, 4.69) is 0 Å². The Hall–Kier alpha value is -0.560. The van der Waals surface area contributed by atoms with Gasteiger partial charge in [-0.05, 0) is 36.5 Å². The molecule has 0 bridgehead atoms. The summed E-state index contributed by atoms with van der Waals surface area (Å²) in [7, 11) is 0. The minimum absolute atomic E-state index is 0.153. The highest BCUT2D eigenvalue weighted by Gasteiger charge is 2.26. The molecule has 1 saturated carbocycles. The number of hydrogen-bond donors (Lipinski definition) is 0. The molecule has 1 aromatic carbocycles. The summed E-state index contributed by atoms with van der Waals surface area (Å²) in [6, 6.07) is 4.92. The number of halogens is 2. The molecule has 0 radical (unpaired) electrons. The van der Waals surface area contributed by atoms with Gasteiger partial charge in [-0.3, -0.25) is 0 Å². The van der Waals surface area contributed by atoms with Crippen LogP contribution in [0.2, 0.25) is 5.02 Å². The van der Waals surface area contributed by atoms with Gasteiger partial charge in [-0.1, -0.05) is 17.7 Å². The van der Waals surface area contributed by atoms with Crippen LogP contribution in [0.25, 0.3) is 0 Å². The van der Waals surface area contributed by atoms with E-state index in [-0.39, 0.29) is 5.82 Å². The van der Waals surface area contributed by atoms with Gasteiger partial charge in [-0.2, -0.15) is 0 Å². The van der Waals surface area contributed by atoms with Gasteiger partial charge in [0.1, 0.15) is 5.82 Å². The molecule has 0 spiro atoms. The van der Waals surface area contributed by atoms with Gasteiger partial charge in [-0.25, -0.2) is 4.39 Å². The van der Waals surface area contributed by atoms with Gasteiger partial charge >= 0.3 is 0 Å². The molecule has 0 amide bonds. The van der Waals surface area contributed by atoms with Crippen molar-refractivity contribution >= 4 is 11.6 Å². The van der Waals surface area contributed by atoms with E-state index in [1.807, 2.05) is 0 Å². The van der Waals surface area contributed by atoms with E-state index < -0.39 is 0 Å². The molecule has 0 nitrogen and oxygen atoms in total. The molecule has 0 saturated heterocycles. The lowest BCUT2D eigenvalue weighted by Crippen LogP contribution is -1.85. The number of benzene rings is 1. The summed E-state index contributed by atoms with van der Waals surface area (Å²) in [6.45, 7) is 0. The SMILES string of the molecule is Fc1cc(Cl)ccc1C1CC1. The van der Waals surface area contributed by atoms with Gasteiger partial charge in [-0.15, -0.1) is 0 Å². The molecular formula is C9H8ClF. The van der Waals surface area contributed by atoms with Gasteiger partial charge in [0.05, 0.1) is 0 Å². The Morgan fingerprint density at radius 1 is 1.36 bits per heavy atom. The van der Waals surface area contributed by atoms with Crippen LogP contribution in [0.3, 0.4) is 0 Å². The predicted octanol–water partition coefficient (Wildman–Crippen LogP) is 3.36. The van der Waals surface area contributed by atoms with E-state index in [0.29, 0.717) is 10.9 Å². The molecule has 0 aromatic heterocycles. The topological polar surface area (TPSA) is 0 Å². The summed E-state index contributed by atoms with van der Waals surface area (Å²) in [5.74, 6) is 0.312. The van der Waals surface area contributed by atoms with Crippen molar-refractivity contribution in [1.82, 2.24) is 0 Å². The molecule has 1 aliphatic rings. The molecule has 0 atom stereocenters. The molecule has 0 heterocycles. The third-order valence-electron chi connectivity index (χ3n) is 1.98. The van der Waals surface area contributed by atoms with Crippen LogP contribution in [0, 0.1) is 5.82 Å². The second-order valence-corrected chi connectivity index (χ2v) is 3.38. The Morgan fingerprint density at radius 3 is 2.64 bits per heavy atom. The Balaban J connectivity index is 2.39. The van der Waals surface area contributed by atoms with Gasteiger partial charge in [0, 0.05) is 5.02 Å².